The fraction of sp³-hybridized carbons (Fsp3) is 0.250. The molecule has 11 heavy (non-hydrogen) atoms. The normalized spacial score (nSPS) is 12.5. The van der Waals surface area contributed by atoms with Gasteiger partial charge in [-0.1, -0.05) is 17.5 Å². The standard InChI is InChI=1S/C8H8ClNS/c1-3-7(10-2)8-6(9)4-5-11-8/h1,4-5,7,10H,2H3. The van der Waals surface area contributed by atoms with Crippen LogP contribution in [0.25, 0.3) is 0 Å². The monoisotopic (exact) mass is 185 g/mol. The Morgan fingerprint density at radius 2 is 2.55 bits per heavy atom. The van der Waals surface area contributed by atoms with Gasteiger partial charge in [-0.25, -0.2) is 0 Å². The zero-order valence-electron chi connectivity index (χ0n) is 6.10. The molecule has 3 heteroatoms. The highest BCUT2D eigenvalue weighted by molar-refractivity contribution is 7.10. The van der Waals surface area contributed by atoms with Crippen LogP contribution in [0.15, 0.2) is 11.4 Å². The molecule has 0 aliphatic rings. The van der Waals surface area contributed by atoms with Gasteiger partial charge in [-0.3, -0.25) is 0 Å². The van der Waals surface area contributed by atoms with Gasteiger partial charge in [0.15, 0.2) is 0 Å². The van der Waals surface area contributed by atoms with E-state index in [-0.39, 0.29) is 6.04 Å². The van der Waals surface area contributed by atoms with E-state index in [0.717, 1.165) is 9.90 Å². The highest BCUT2D eigenvalue weighted by Crippen LogP contribution is 2.27. The summed E-state index contributed by atoms with van der Waals surface area (Å²) in [4.78, 5) is 1.01. The minimum atomic E-state index is -0.0532. The van der Waals surface area contributed by atoms with E-state index in [0.29, 0.717) is 0 Å². The van der Waals surface area contributed by atoms with E-state index >= 15 is 0 Å². The van der Waals surface area contributed by atoms with Crippen molar-refractivity contribution in [3.8, 4) is 12.3 Å². The van der Waals surface area contributed by atoms with Crippen LogP contribution in [0, 0.1) is 12.3 Å². The molecule has 1 aromatic heterocycles. The van der Waals surface area contributed by atoms with E-state index in [1.54, 1.807) is 11.3 Å². The van der Waals surface area contributed by atoms with Crippen LogP contribution in [-0.4, -0.2) is 7.05 Å². The highest BCUT2D eigenvalue weighted by Gasteiger charge is 2.10. The van der Waals surface area contributed by atoms with Crippen LogP contribution < -0.4 is 5.32 Å². The summed E-state index contributed by atoms with van der Waals surface area (Å²) < 4.78 is 0. The molecule has 0 saturated carbocycles. The van der Waals surface area contributed by atoms with Gasteiger partial charge in [0.1, 0.15) is 6.04 Å². The number of hydrogen-bond acceptors (Lipinski definition) is 2. The average molecular weight is 186 g/mol. The third kappa shape index (κ3) is 1.75. The zero-order chi connectivity index (χ0) is 8.27. The molecule has 0 saturated heterocycles. The summed E-state index contributed by atoms with van der Waals surface area (Å²) in [7, 11) is 1.82. The molecular formula is C8H8ClNS. The van der Waals surface area contributed by atoms with Crippen LogP contribution in [0.3, 0.4) is 0 Å². The molecule has 1 heterocycles. The molecule has 58 valence electrons. The molecule has 0 aliphatic heterocycles. The maximum Gasteiger partial charge on any atom is 0.105 e. The van der Waals surface area contributed by atoms with Crippen LogP contribution in [0.4, 0.5) is 0 Å². The van der Waals surface area contributed by atoms with Gasteiger partial charge < -0.3 is 5.32 Å². The molecule has 1 atom stereocenters. The number of hydrogen-bond donors (Lipinski definition) is 1. The van der Waals surface area contributed by atoms with E-state index in [2.05, 4.69) is 11.2 Å². The first-order valence-electron chi connectivity index (χ1n) is 3.16. The first kappa shape index (κ1) is 8.61. The number of rotatable bonds is 2. The number of halogens is 1. The van der Waals surface area contributed by atoms with Gasteiger partial charge in [-0.2, -0.15) is 0 Å². The average Bonchev–Trinajstić information content (AvgIpc) is 2.40. The van der Waals surface area contributed by atoms with E-state index in [1.807, 2.05) is 18.5 Å². The summed E-state index contributed by atoms with van der Waals surface area (Å²) in [6.45, 7) is 0. The molecule has 1 rings (SSSR count). The second-order valence-electron chi connectivity index (χ2n) is 2.02. The number of thiophene rings is 1. The predicted octanol–water partition coefficient (Wildman–Crippen LogP) is 2.30. The van der Waals surface area contributed by atoms with Crippen LogP contribution in [0.5, 0.6) is 0 Å². The van der Waals surface area contributed by atoms with E-state index < -0.39 is 0 Å². The van der Waals surface area contributed by atoms with E-state index in [1.165, 1.54) is 0 Å². The lowest BCUT2D eigenvalue weighted by Crippen LogP contribution is -2.12. The fourth-order valence-electron chi connectivity index (χ4n) is 0.802. The molecule has 0 radical (unpaired) electrons. The Morgan fingerprint density at radius 3 is 2.91 bits per heavy atom. The number of nitrogens with one attached hydrogen (secondary N) is 1. The summed E-state index contributed by atoms with van der Waals surface area (Å²) in [5.41, 5.74) is 0. The Bertz CT molecular complexity index is 274. The molecule has 1 N–H and O–H groups in total. The molecule has 0 spiro atoms. The lowest BCUT2D eigenvalue weighted by Gasteiger charge is -2.06. The lowest BCUT2D eigenvalue weighted by molar-refractivity contribution is 0.750. The van der Waals surface area contributed by atoms with E-state index in [4.69, 9.17) is 18.0 Å². The molecule has 0 fully saturated rings. The smallest absolute Gasteiger partial charge is 0.105 e. The topological polar surface area (TPSA) is 12.0 Å². The third-order valence-corrected chi connectivity index (χ3v) is 2.79. The van der Waals surface area contributed by atoms with Gasteiger partial charge in [0.25, 0.3) is 0 Å². The second kappa shape index (κ2) is 3.77. The second-order valence-corrected chi connectivity index (χ2v) is 3.38. The minimum Gasteiger partial charge on any atom is -0.302 e. The Kier molecular flexibility index (Phi) is 2.95. The SMILES string of the molecule is C#CC(NC)c1sccc1Cl. The van der Waals surface area contributed by atoms with Crippen molar-refractivity contribution < 1.29 is 0 Å². The van der Waals surface area contributed by atoms with Crippen molar-refractivity contribution in [1.82, 2.24) is 5.32 Å². The van der Waals surface area contributed by atoms with Crippen LogP contribution >= 0.6 is 22.9 Å². The van der Waals surface area contributed by atoms with Crippen molar-refractivity contribution in [3.05, 3.63) is 21.3 Å². The molecule has 0 aliphatic carbocycles. The largest absolute Gasteiger partial charge is 0.302 e. The van der Waals surface area contributed by atoms with Gasteiger partial charge in [-0.15, -0.1) is 17.8 Å². The van der Waals surface area contributed by atoms with Crippen molar-refractivity contribution in [2.45, 2.75) is 6.04 Å². The van der Waals surface area contributed by atoms with E-state index in [9.17, 15) is 0 Å². The quantitative estimate of drug-likeness (QED) is 0.698. The summed E-state index contributed by atoms with van der Waals surface area (Å²) in [5.74, 6) is 2.61. The summed E-state index contributed by atoms with van der Waals surface area (Å²) in [6, 6.07) is 1.80. The zero-order valence-corrected chi connectivity index (χ0v) is 7.67. The van der Waals surface area contributed by atoms with Gasteiger partial charge in [-0.05, 0) is 18.5 Å². The molecule has 0 bridgehead atoms. The molecule has 1 unspecified atom stereocenters. The molecule has 1 aromatic rings. The number of terminal acetylenes is 1. The van der Waals surface area contributed by atoms with Gasteiger partial charge in [0, 0.05) is 0 Å². The van der Waals surface area contributed by atoms with Crippen molar-refractivity contribution in [1.29, 1.82) is 0 Å². The molecule has 0 amide bonds. The Labute approximate surface area is 75.4 Å². The summed E-state index contributed by atoms with van der Waals surface area (Å²) >= 11 is 7.44. The minimum absolute atomic E-state index is 0.0532. The van der Waals surface area contributed by atoms with Crippen molar-refractivity contribution >= 4 is 22.9 Å². The molecule has 0 aromatic carbocycles. The molecule has 1 nitrogen and oxygen atoms in total. The van der Waals surface area contributed by atoms with Gasteiger partial charge >= 0.3 is 0 Å². The highest BCUT2D eigenvalue weighted by atomic mass is 35.5. The summed E-state index contributed by atoms with van der Waals surface area (Å²) in [5, 5.41) is 5.66. The Hall–Kier alpha value is -0.490. The van der Waals surface area contributed by atoms with Crippen molar-refractivity contribution in [2.24, 2.45) is 0 Å². The van der Waals surface area contributed by atoms with Crippen molar-refractivity contribution in [2.75, 3.05) is 7.05 Å². The maximum absolute atomic E-state index is 5.87. The lowest BCUT2D eigenvalue weighted by atomic mass is 10.2. The van der Waals surface area contributed by atoms with Crippen LogP contribution in [0.1, 0.15) is 10.9 Å². The Morgan fingerprint density at radius 1 is 1.82 bits per heavy atom. The van der Waals surface area contributed by atoms with Crippen LogP contribution in [-0.2, 0) is 0 Å². The molecular weight excluding hydrogens is 178 g/mol. The van der Waals surface area contributed by atoms with Gasteiger partial charge in [0.05, 0.1) is 9.90 Å². The Balaban J connectivity index is 2.92. The first-order chi connectivity index (χ1) is 5.29. The van der Waals surface area contributed by atoms with Crippen LogP contribution in [0.2, 0.25) is 5.02 Å². The van der Waals surface area contributed by atoms with Gasteiger partial charge in [0.2, 0.25) is 0 Å². The fourth-order valence-corrected chi connectivity index (χ4v) is 2.04. The summed E-state index contributed by atoms with van der Waals surface area (Å²) in [6.07, 6.45) is 5.28. The third-order valence-electron chi connectivity index (χ3n) is 1.36. The maximum atomic E-state index is 5.87. The first-order valence-corrected chi connectivity index (χ1v) is 4.41. The predicted molar refractivity (Wildman–Crippen MR) is 50.0 cm³/mol. The van der Waals surface area contributed by atoms with Crippen molar-refractivity contribution in [3.63, 3.8) is 0 Å².